The molecule has 0 heterocycles. The quantitative estimate of drug-likeness (QED) is 0.323. The topological polar surface area (TPSA) is 9.23 Å². The molecule has 1 rings (SSSR count). The summed E-state index contributed by atoms with van der Waals surface area (Å²) in [5, 5.41) is 0. The maximum Gasteiger partial charge on any atom is 0.0883 e. The van der Waals surface area contributed by atoms with Gasteiger partial charge >= 0.3 is 0 Å². The number of methoxy groups -OCH3 is 1. The minimum atomic E-state index is 0.142. The predicted octanol–water partition coefficient (Wildman–Crippen LogP) is 6.32. The van der Waals surface area contributed by atoms with Crippen molar-refractivity contribution < 1.29 is 4.74 Å². The molecular formula is C20H32O. The molecule has 0 aliphatic heterocycles. The molecule has 1 aromatic rings. The van der Waals surface area contributed by atoms with Gasteiger partial charge < -0.3 is 4.74 Å². The van der Waals surface area contributed by atoms with Gasteiger partial charge in [0, 0.05) is 13.0 Å². The summed E-state index contributed by atoms with van der Waals surface area (Å²) in [4.78, 5) is 0. The molecular weight excluding hydrogens is 256 g/mol. The zero-order chi connectivity index (χ0) is 15.3. The summed E-state index contributed by atoms with van der Waals surface area (Å²) >= 11 is 0. The Labute approximate surface area is 131 Å². The molecule has 2 unspecified atom stereocenters. The maximum absolute atomic E-state index is 5.73. The molecule has 1 aromatic carbocycles. The van der Waals surface area contributed by atoms with Gasteiger partial charge in [-0.1, -0.05) is 88.3 Å². The van der Waals surface area contributed by atoms with Gasteiger partial charge in [0.1, 0.15) is 0 Å². The molecule has 0 saturated heterocycles. The summed E-state index contributed by atoms with van der Waals surface area (Å²) in [7, 11) is 1.80. The average Bonchev–Trinajstić information content (AvgIpc) is 2.54. The Bertz CT molecular complexity index is 357. The van der Waals surface area contributed by atoms with Crippen LogP contribution in [0, 0.1) is 5.92 Å². The zero-order valence-electron chi connectivity index (χ0n) is 13.9. The van der Waals surface area contributed by atoms with E-state index < -0.39 is 0 Å². The first kappa shape index (κ1) is 18.0. The third kappa shape index (κ3) is 6.95. The summed E-state index contributed by atoms with van der Waals surface area (Å²) in [6, 6.07) is 10.5. The Hall–Kier alpha value is -1.08. The van der Waals surface area contributed by atoms with E-state index >= 15 is 0 Å². The second kappa shape index (κ2) is 11.6. The van der Waals surface area contributed by atoms with E-state index in [0.717, 1.165) is 0 Å². The molecule has 0 spiro atoms. The average molecular weight is 288 g/mol. The largest absolute Gasteiger partial charge is 0.376 e. The highest BCUT2D eigenvalue weighted by atomic mass is 16.5. The van der Waals surface area contributed by atoms with E-state index in [0.29, 0.717) is 5.92 Å². The molecule has 1 heteroatoms. The van der Waals surface area contributed by atoms with Crippen LogP contribution in [0.5, 0.6) is 0 Å². The van der Waals surface area contributed by atoms with Gasteiger partial charge in [0.05, 0.1) is 6.10 Å². The van der Waals surface area contributed by atoms with E-state index in [9.17, 15) is 0 Å². The first-order valence-electron chi connectivity index (χ1n) is 8.53. The minimum absolute atomic E-state index is 0.142. The van der Waals surface area contributed by atoms with Crippen molar-refractivity contribution in [2.24, 2.45) is 5.92 Å². The SMILES string of the molecule is C=CC(CCCCCCCCC)C(OC)c1ccccc1. The van der Waals surface area contributed by atoms with E-state index in [1.807, 2.05) is 0 Å². The molecule has 0 radical (unpaired) electrons. The van der Waals surface area contributed by atoms with Gasteiger partial charge in [-0.15, -0.1) is 6.58 Å². The second-order valence-corrected chi connectivity index (χ2v) is 5.88. The monoisotopic (exact) mass is 288 g/mol. The van der Waals surface area contributed by atoms with Crippen molar-refractivity contribution in [1.82, 2.24) is 0 Å². The number of hydrogen-bond acceptors (Lipinski definition) is 1. The fourth-order valence-electron chi connectivity index (χ4n) is 2.93. The summed E-state index contributed by atoms with van der Waals surface area (Å²) in [5.74, 6) is 0.410. The summed E-state index contributed by atoms with van der Waals surface area (Å²) < 4.78 is 5.73. The van der Waals surface area contributed by atoms with Crippen molar-refractivity contribution in [1.29, 1.82) is 0 Å². The van der Waals surface area contributed by atoms with Crippen molar-refractivity contribution in [3.8, 4) is 0 Å². The van der Waals surface area contributed by atoms with E-state index in [4.69, 9.17) is 4.74 Å². The number of ether oxygens (including phenoxy) is 1. The van der Waals surface area contributed by atoms with Gasteiger partial charge in [-0.25, -0.2) is 0 Å². The van der Waals surface area contributed by atoms with E-state index in [1.165, 1.54) is 56.9 Å². The molecule has 21 heavy (non-hydrogen) atoms. The van der Waals surface area contributed by atoms with Crippen LogP contribution in [0.4, 0.5) is 0 Å². The molecule has 0 amide bonds. The normalized spacial score (nSPS) is 13.8. The third-order valence-corrected chi connectivity index (χ3v) is 4.21. The maximum atomic E-state index is 5.73. The molecule has 2 atom stereocenters. The zero-order valence-corrected chi connectivity index (χ0v) is 13.9. The van der Waals surface area contributed by atoms with Crippen LogP contribution in [0.15, 0.2) is 43.0 Å². The van der Waals surface area contributed by atoms with Crippen molar-refractivity contribution >= 4 is 0 Å². The Morgan fingerprint density at radius 1 is 1.00 bits per heavy atom. The standard InChI is InChI=1S/C20H32O/c1-4-6-7-8-9-10-12-15-18(5-2)20(21-3)19-16-13-11-14-17-19/h5,11,13-14,16-18,20H,2,4,6-10,12,15H2,1,3H3. The van der Waals surface area contributed by atoms with Gasteiger partial charge in [-0.05, 0) is 12.0 Å². The molecule has 118 valence electrons. The van der Waals surface area contributed by atoms with Crippen molar-refractivity contribution in [2.75, 3.05) is 7.11 Å². The predicted molar refractivity (Wildman–Crippen MR) is 92.5 cm³/mol. The van der Waals surface area contributed by atoms with E-state index in [2.05, 4.69) is 49.9 Å². The highest BCUT2D eigenvalue weighted by Gasteiger charge is 2.19. The van der Waals surface area contributed by atoms with Crippen molar-refractivity contribution in [3.63, 3.8) is 0 Å². The van der Waals surface area contributed by atoms with Gasteiger partial charge in [0.15, 0.2) is 0 Å². The Morgan fingerprint density at radius 2 is 1.62 bits per heavy atom. The molecule has 0 bridgehead atoms. The minimum Gasteiger partial charge on any atom is -0.376 e. The van der Waals surface area contributed by atoms with Gasteiger partial charge in [-0.3, -0.25) is 0 Å². The van der Waals surface area contributed by atoms with Crippen molar-refractivity contribution in [3.05, 3.63) is 48.6 Å². The summed E-state index contributed by atoms with van der Waals surface area (Å²) in [6.07, 6.45) is 12.8. The summed E-state index contributed by atoms with van der Waals surface area (Å²) in [6.45, 7) is 6.28. The lowest BCUT2D eigenvalue weighted by molar-refractivity contribution is 0.0643. The molecule has 0 fully saturated rings. The number of rotatable bonds is 12. The smallest absolute Gasteiger partial charge is 0.0883 e. The highest BCUT2D eigenvalue weighted by molar-refractivity contribution is 5.19. The van der Waals surface area contributed by atoms with Crippen LogP contribution < -0.4 is 0 Å². The third-order valence-electron chi connectivity index (χ3n) is 4.21. The van der Waals surface area contributed by atoms with E-state index in [1.54, 1.807) is 7.11 Å². The molecule has 1 nitrogen and oxygen atoms in total. The highest BCUT2D eigenvalue weighted by Crippen LogP contribution is 2.30. The Morgan fingerprint density at radius 3 is 2.19 bits per heavy atom. The van der Waals surface area contributed by atoms with Crippen LogP contribution >= 0.6 is 0 Å². The van der Waals surface area contributed by atoms with Crippen LogP contribution in [-0.2, 0) is 4.74 Å². The lowest BCUT2D eigenvalue weighted by Gasteiger charge is -2.23. The molecule has 0 aliphatic rings. The fourth-order valence-corrected chi connectivity index (χ4v) is 2.93. The van der Waals surface area contributed by atoms with E-state index in [-0.39, 0.29) is 6.10 Å². The number of hydrogen-bond donors (Lipinski definition) is 0. The second-order valence-electron chi connectivity index (χ2n) is 5.88. The first-order chi connectivity index (χ1) is 10.3. The van der Waals surface area contributed by atoms with Crippen LogP contribution in [0.2, 0.25) is 0 Å². The molecule has 0 saturated carbocycles. The summed E-state index contributed by atoms with van der Waals surface area (Å²) in [5.41, 5.74) is 1.26. The van der Waals surface area contributed by atoms with Crippen LogP contribution in [0.25, 0.3) is 0 Å². The van der Waals surface area contributed by atoms with Crippen molar-refractivity contribution in [2.45, 2.75) is 64.4 Å². The lowest BCUT2D eigenvalue weighted by Crippen LogP contribution is -2.13. The first-order valence-corrected chi connectivity index (χ1v) is 8.53. The molecule has 0 N–H and O–H groups in total. The fraction of sp³-hybridized carbons (Fsp3) is 0.600. The Balaban J connectivity index is 2.34. The van der Waals surface area contributed by atoms with Crippen LogP contribution in [0.3, 0.4) is 0 Å². The van der Waals surface area contributed by atoms with Crippen LogP contribution in [0.1, 0.15) is 70.0 Å². The Kier molecular flexibility index (Phi) is 9.90. The van der Waals surface area contributed by atoms with Gasteiger partial charge in [0.2, 0.25) is 0 Å². The van der Waals surface area contributed by atoms with Gasteiger partial charge in [0.25, 0.3) is 0 Å². The number of unbranched alkanes of at least 4 members (excludes halogenated alkanes) is 6. The van der Waals surface area contributed by atoms with Crippen LogP contribution in [-0.4, -0.2) is 7.11 Å². The number of benzene rings is 1. The molecule has 0 aromatic heterocycles. The molecule has 0 aliphatic carbocycles. The lowest BCUT2D eigenvalue weighted by atomic mass is 9.90. The van der Waals surface area contributed by atoms with Gasteiger partial charge in [-0.2, -0.15) is 0 Å².